The van der Waals surface area contributed by atoms with Gasteiger partial charge in [0.2, 0.25) is 5.91 Å². The van der Waals surface area contributed by atoms with Gasteiger partial charge >= 0.3 is 0 Å². The maximum atomic E-state index is 14.6. The Bertz CT molecular complexity index is 1480. The van der Waals surface area contributed by atoms with E-state index in [2.05, 4.69) is 15.6 Å². The standard InChI is InChI=1S/C32H33FN6O2/c33-28-15-24(13-14-25(28)17-34)32(41)38-19-26(39-20-29(36-37-39)23-11-12-23)16-30(38)31(40)35-18-27(21-7-3-1-4-8-21)22-9-5-2-6-10-22/h1-10,13-15,20,23,26-27,30H,11-12,16-19,34H2,(H,35,40)/t26-,30-/m0/s1. The third-order valence-electron chi connectivity index (χ3n) is 8.14. The van der Waals surface area contributed by atoms with Crippen LogP contribution >= 0.6 is 0 Å². The Balaban J connectivity index is 1.25. The van der Waals surface area contributed by atoms with Crippen molar-refractivity contribution in [1.82, 2.24) is 25.2 Å². The summed E-state index contributed by atoms with van der Waals surface area (Å²) in [6.45, 7) is 0.674. The van der Waals surface area contributed by atoms with Gasteiger partial charge in [-0.3, -0.25) is 9.59 Å². The number of rotatable bonds is 9. The average Bonchev–Trinajstić information content (AvgIpc) is 3.56. The van der Waals surface area contributed by atoms with Crippen LogP contribution in [0.25, 0.3) is 0 Å². The number of aromatic nitrogens is 3. The molecule has 1 aromatic heterocycles. The number of likely N-dealkylation sites (tertiary alicyclic amines) is 1. The summed E-state index contributed by atoms with van der Waals surface area (Å²) >= 11 is 0. The topological polar surface area (TPSA) is 106 Å². The molecule has 0 radical (unpaired) electrons. The van der Waals surface area contributed by atoms with E-state index in [0.717, 1.165) is 29.7 Å². The van der Waals surface area contributed by atoms with Gasteiger partial charge in [-0.15, -0.1) is 5.10 Å². The number of nitrogens with zero attached hydrogens (tertiary/aromatic N) is 4. The minimum Gasteiger partial charge on any atom is -0.353 e. The second-order valence-corrected chi connectivity index (χ2v) is 10.9. The first-order valence-corrected chi connectivity index (χ1v) is 14.1. The molecule has 3 aromatic carbocycles. The lowest BCUT2D eigenvalue weighted by Crippen LogP contribution is -2.46. The Kier molecular flexibility index (Phi) is 7.61. The van der Waals surface area contributed by atoms with Crippen LogP contribution in [0.2, 0.25) is 0 Å². The molecule has 1 aliphatic heterocycles. The average molecular weight is 553 g/mol. The van der Waals surface area contributed by atoms with Crippen LogP contribution in [0.1, 0.15) is 69.9 Å². The highest BCUT2D eigenvalue weighted by Crippen LogP contribution is 2.39. The molecule has 2 atom stereocenters. The van der Waals surface area contributed by atoms with Gasteiger partial charge in [0.25, 0.3) is 5.91 Å². The molecule has 1 saturated carbocycles. The first-order valence-electron chi connectivity index (χ1n) is 14.1. The molecule has 210 valence electrons. The van der Waals surface area contributed by atoms with Gasteiger partial charge in [0.05, 0.1) is 11.7 Å². The number of hydrogen-bond acceptors (Lipinski definition) is 5. The lowest BCUT2D eigenvalue weighted by atomic mass is 9.91. The van der Waals surface area contributed by atoms with Crippen molar-refractivity contribution in [3.63, 3.8) is 0 Å². The van der Waals surface area contributed by atoms with E-state index in [1.807, 2.05) is 66.9 Å². The van der Waals surface area contributed by atoms with Crippen molar-refractivity contribution >= 4 is 11.8 Å². The molecule has 6 rings (SSSR count). The van der Waals surface area contributed by atoms with Crippen molar-refractivity contribution in [1.29, 1.82) is 0 Å². The van der Waals surface area contributed by atoms with Crippen LogP contribution in [0, 0.1) is 5.82 Å². The Morgan fingerprint density at radius 3 is 2.29 bits per heavy atom. The lowest BCUT2D eigenvalue weighted by Gasteiger charge is -2.25. The summed E-state index contributed by atoms with van der Waals surface area (Å²) in [6.07, 6.45) is 4.53. The molecule has 4 aromatic rings. The maximum absolute atomic E-state index is 14.6. The molecule has 3 N–H and O–H groups in total. The number of benzene rings is 3. The van der Waals surface area contributed by atoms with Crippen molar-refractivity contribution in [2.45, 2.75) is 49.7 Å². The minimum atomic E-state index is -0.745. The summed E-state index contributed by atoms with van der Waals surface area (Å²) in [5.74, 6) is -0.801. The van der Waals surface area contributed by atoms with E-state index in [4.69, 9.17) is 5.73 Å². The smallest absolute Gasteiger partial charge is 0.254 e. The van der Waals surface area contributed by atoms with Crippen LogP contribution in [0.3, 0.4) is 0 Å². The monoisotopic (exact) mass is 552 g/mol. The van der Waals surface area contributed by atoms with Gasteiger partial charge in [0.1, 0.15) is 11.9 Å². The van der Waals surface area contributed by atoms with Crippen molar-refractivity contribution in [2.75, 3.05) is 13.1 Å². The van der Waals surface area contributed by atoms with Crippen LogP contribution in [0.15, 0.2) is 85.1 Å². The summed E-state index contributed by atoms with van der Waals surface area (Å²) in [5, 5.41) is 11.8. The summed E-state index contributed by atoms with van der Waals surface area (Å²) < 4.78 is 16.3. The van der Waals surface area contributed by atoms with E-state index >= 15 is 0 Å². The summed E-state index contributed by atoms with van der Waals surface area (Å²) in [7, 11) is 0. The maximum Gasteiger partial charge on any atom is 0.254 e. The van der Waals surface area contributed by atoms with Crippen molar-refractivity contribution in [3.05, 3.63) is 119 Å². The van der Waals surface area contributed by atoms with Crippen LogP contribution in [-0.2, 0) is 11.3 Å². The first kappa shape index (κ1) is 26.8. The van der Waals surface area contributed by atoms with Crippen molar-refractivity contribution in [3.8, 4) is 0 Å². The van der Waals surface area contributed by atoms with Gasteiger partial charge in [-0.25, -0.2) is 9.07 Å². The molecule has 0 bridgehead atoms. The van der Waals surface area contributed by atoms with E-state index in [9.17, 15) is 14.0 Å². The Morgan fingerprint density at radius 1 is 1.00 bits per heavy atom. The fourth-order valence-electron chi connectivity index (χ4n) is 5.64. The van der Waals surface area contributed by atoms with Gasteiger partial charge in [0, 0.05) is 55.2 Å². The number of amides is 2. The quantitative estimate of drug-likeness (QED) is 0.324. The molecule has 2 amide bonds. The minimum absolute atomic E-state index is 0.0384. The van der Waals surface area contributed by atoms with Crippen LogP contribution < -0.4 is 11.1 Å². The van der Waals surface area contributed by atoms with Crippen molar-refractivity contribution in [2.24, 2.45) is 5.73 Å². The second-order valence-electron chi connectivity index (χ2n) is 10.9. The molecule has 1 saturated heterocycles. The Morgan fingerprint density at radius 2 is 1.68 bits per heavy atom. The molecule has 0 spiro atoms. The van der Waals surface area contributed by atoms with Crippen molar-refractivity contribution < 1.29 is 14.0 Å². The van der Waals surface area contributed by atoms with E-state index in [0.29, 0.717) is 24.4 Å². The fraction of sp³-hybridized carbons (Fsp3) is 0.312. The third-order valence-corrected chi connectivity index (χ3v) is 8.14. The van der Waals surface area contributed by atoms with Crippen LogP contribution in [-0.4, -0.2) is 50.8 Å². The Hall–Kier alpha value is -4.37. The molecule has 2 aliphatic rings. The van der Waals surface area contributed by atoms with Gasteiger partial charge < -0.3 is 16.0 Å². The summed E-state index contributed by atoms with van der Waals surface area (Å²) in [5.41, 5.74) is 9.24. The largest absolute Gasteiger partial charge is 0.353 e. The Labute approximate surface area is 238 Å². The molecule has 1 aliphatic carbocycles. The highest BCUT2D eigenvalue weighted by molar-refractivity contribution is 5.98. The number of halogens is 1. The molecular weight excluding hydrogens is 519 g/mol. The number of nitrogens with two attached hydrogens (primary N) is 1. The van der Waals surface area contributed by atoms with E-state index < -0.39 is 17.8 Å². The lowest BCUT2D eigenvalue weighted by molar-refractivity contribution is -0.124. The van der Waals surface area contributed by atoms with Gasteiger partial charge in [0.15, 0.2) is 0 Å². The number of nitrogens with one attached hydrogen (secondary N) is 1. The van der Waals surface area contributed by atoms with E-state index in [1.54, 1.807) is 10.7 Å². The summed E-state index contributed by atoms with van der Waals surface area (Å²) in [6, 6.07) is 23.4. The molecule has 9 heteroatoms. The predicted octanol–water partition coefficient (Wildman–Crippen LogP) is 4.16. The molecule has 41 heavy (non-hydrogen) atoms. The first-order chi connectivity index (χ1) is 20.0. The molecule has 0 unspecified atom stereocenters. The SMILES string of the molecule is NCc1ccc(C(=O)N2C[C@@H](n3cc(C4CC4)nn3)C[C@H]2C(=O)NCC(c2ccccc2)c2ccccc2)cc1F. The van der Waals surface area contributed by atoms with Gasteiger partial charge in [-0.1, -0.05) is 71.9 Å². The van der Waals surface area contributed by atoms with Crippen LogP contribution in [0.5, 0.6) is 0 Å². The van der Waals surface area contributed by atoms with Gasteiger partial charge in [-0.05, 0) is 36.1 Å². The zero-order valence-electron chi connectivity index (χ0n) is 22.7. The van der Waals surface area contributed by atoms with Crippen LogP contribution in [0.4, 0.5) is 4.39 Å². The van der Waals surface area contributed by atoms with E-state index in [-0.39, 0.29) is 36.5 Å². The number of carbonyl (C=O) groups excluding carboxylic acids is 2. The predicted molar refractivity (Wildman–Crippen MR) is 153 cm³/mol. The summed E-state index contributed by atoms with van der Waals surface area (Å²) in [4.78, 5) is 29.0. The number of carbonyl (C=O) groups is 2. The second kappa shape index (κ2) is 11.6. The zero-order chi connectivity index (χ0) is 28.3. The molecule has 8 nitrogen and oxygen atoms in total. The normalized spacial score (nSPS) is 18.6. The molecule has 2 fully saturated rings. The highest BCUT2D eigenvalue weighted by atomic mass is 19.1. The highest BCUT2D eigenvalue weighted by Gasteiger charge is 2.42. The third kappa shape index (κ3) is 5.76. The van der Waals surface area contributed by atoms with Gasteiger partial charge in [-0.2, -0.15) is 0 Å². The molecule has 2 heterocycles. The number of hydrogen-bond donors (Lipinski definition) is 2. The fourth-order valence-corrected chi connectivity index (χ4v) is 5.64. The molecular formula is C32H33FN6O2. The zero-order valence-corrected chi connectivity index (χ0v) is 22.7. The van der Waals surface area contributed by atoms with E-state index in [1.165, 1.54) is 17.0 Å².